The highest BCUT2D eigenvalue weighted by atomic mass is 16.6. The van der Waals surface area contributed by atoms with Crippen LogP contribution in [0.4, 0.5) is 0 Å². The lowest BCUT2D eigenvalue weighted by atomic mass is 10.0. The fourth-order valence-corrected chi connectivity index (χ4v) is 1.94. The zero-order valence-corrected chi connectivity index (χ0v) is 13.5. The Morgan fingerprint density at radius 1 is 1.42 bits per heavy atom. The maximum absolute atomic E-state index is 12.1. The first-order valence-electron chi connectivity index (χ1n) is 7.22. The fourth-order valence-electron chi connectivity index (χ4n) is 1.94. The van der Waals surface area contributed by atoms with Crippen LogP contribution in [-0.2, 0) is 20.7 Å². The van der Waals surface area contributed by atoms with E-state index in [-0.39, 0.29) is 13.0 Å². The third-order valence-electron chi connectivity index (χ3n) is 3.25. The van der Waals surface area contributed by atoms with Crippen LogP contribution in [0.2, 0.25) is 0 Å². The van der Waals surface area contributed by atoms with Crippen molar-refractivity contribution >= 4 is 11.8 Å². The molecule has 0 unspecified atom stereocenters. The van der Waals surface area contributed by atoms with E-state index in [0.29, 0.717) is 12.0 Å². The molecule has 2 amide bonds. The number of aliphatic hydroxyl groups is 1. The molecule has 0 aliphatic rings. The predicted molar refractivity (Wildman–Crippen MR) is 86.8 cm³/mol. The molecular formula is C17H18N3O4+. The molecule has 124 valence electrons. The van der Waals surface area contributed by atoms with Gasteiger partial charge in [-0.3, -0.25) is 14.5 Å². The van der Waals surface area contributed by atoms with Gasteiger partial charge in [0.25, 0.3) is 0 Å². The van der Waals surface area contributed by atoms with Gasteiger partial charge >= 0.3 is 17.5 Å². The zero-order chi connectivity index (χ0) is 18.1. The lowest BCUT2D eigenvalue weighted by Gasteiger charge is -2.12. The molecule has 1 rings (SSSR count). The van der Waals surface area contributed by atoms with Crippen LogP contribution in [0, 0.1) is 17.7 Å². The first kappa shape index (κ1) is 18.7. The molecule has 0 atom stereocenters. The Balaban J connectivity index is 2.81. The van der Waals surface area contributed by atoms with Crippen LogP contribution in [0.1, 0.15) is 24.5 Å². The largest absolute Gasteiger partial charge is 0.527 e. The minimum absolute atomic E-state index is 0.0229. The standard InChI is InChI=1S/C17H17N3O4/c1-4-12-8-6-7-9-13(12)10-11-14(21)20(3)16(22)15(19-18)17(23)24-5-2/h1,6-9H,5,10-11H2,2-3H3/p+1. The summed E-state index contributed by atoms with van der Waals surface area (Å²) in [5.74, 6) is 0.196. The summed E-state index contributed by atoms with van der Waals surface area (Å²) in [6, 6.07) is 7.17. The molecule has 0 heterocycles. The number of rotatable bonds is 6. The molecule has 0 radical (unpaired) electrons. The fraction of sp³-hybridized carbons (Fsp3) is 0.294. The highest BCUT2D eigenvalue weighted by molar-refractivity contribution is 6.05. The maximum atomic E-state index is 12.1. The Morgan fingerprint density at radius 3 is 2.67 bits per heavy atom. The van der Waals surface area contributed by atoms with Crippen LogP contribution in [-0.4, -0.2) is 35.5 Å². The number of hydrogen-bond acceptors (Lipinski definition) is 5. The quantitative estimate of drug-likeness (QED) is 0.374. The van der Waals surface area contributed by atoms with Crippen LogP contribution in [0.25, 0.3) is 4.98 Å². The molecule has 7 nitrogen and oxygen atoms in total. The average molecular weight is 328 g/mol. The summed E-state index contributed by atoms with van der Waals surface area (Å²) in [5.41, 5.74) is 0.755. The first-order chi connectivity index (χ1) is 11.5. The molecule has 0 aliphatic carbocycles. The first-order valence-corrected chi connectivity index (χ1v) is 7.22. The smallest absolute Gasteiger partial charge is 0.475 e. The molecule has 0 saturated carbocycles. The van der Waals surface area contributed by atoms with Gasteiger partial charge in [0.1, 0.15) is 0 Å². The van der Waals surface area contributed by atoms with Gasteiger partial charge in [-0.25, -0.2) is 0 Å². The number of imide groups is 1. The molecule has 0 bridgehead atoms. The average Bonchev–Trinajstić information content (AvgIpc) is 2.59. The number of carbonyl (C=O) groups is 2. The van der Waals surface area contributed by atoms with Gasteiger partial charge in [-0.15, -0.1) is 6.42 Å². The Morgan fingerprint density at radius 2 is 2.08 bits per heavy atom. The van der Waals surface area contributed by atoms with E-state index < -0.39 is 23.5 Å². The molecule has 0 saturated heterocycles. The summed E-state index contributed by atoms with van der Waals surface area (Å²) < 4.78 is 4.71. The SMILES string of the molecule is C#Cc1ccccc1CCC(=O)N(C)C(=O)/C([N+]#N)=C(\O)OCC. The van der Waals surface area contributed by atoms with E-state index in [2.05, 4.69) is 10.9 Å². The number of carbonyl (C=O) groups excluding carboxylic acids is 2. The number of aryl methyl sites for hydroxylation is 1. The molecule has 7 heteroatoms. The Labute approximate surface area is 140 Å². The van der Waals surface area contributed by atoms with Gasteiger partial charge in [-0.1, -0.05) is 24.1 Å². The highest BCUT2D eigenvalue weighted by Crippen LogP contribution is 2.13. The van der Waals surface area contributed by atoms with Crippen LogP contribution in [0.3, 0.4) is 0 Å². The zero-order valence-electron chi connectivity index (χ0n) is 13.5. The third kappa shape index (κ3) is 4.59. The number of amides is 2. The van der Waals surface area contributed by atoms with Gasteiger partial charge in [0.05, 0.1) is 6.61 Å². The Hall–Kier alpha value is -3.32. The van der Waals surface area contributed by atoms with Crippen molar-refractivity contribution < 1.29 is 19.4 Å². The topological polar surface area (TPSA) is 95.0 Å². The van der Waals surface area contributed by atoms with Gasteiger partial charge in [0.2, 0.25) is 11.3 Å². The van der Waals surface area contributed by atoms with Gasteiger partial charge in [0, 0.05) is 19.0 Å². The van der Waals surface area contributed by atoms with E-state index in [4.69, 9.17) is 16.6 Å². The van der Waals surface area contributed by atoms with Crippen LogP contribution >= 0.6 is 0 Å². The number of terminal acetylenes is 1. The van der Waals surface area contributed by atoms with E-state index >= 15 is 0 Å². The van der Waals surface area contributed by atoms with E-state index in [1.165, 1.54) is 7.05 Å². The molecule has 1 aromatic rings. The maximum Gasteiger partial charge on any atom is 0.527 e. The Bertz CT molecular complexity index is 741. The van der Waals surface area contributed by atoms with E-state index in [1.807, 2.05) is 0 Å². The molecule has 0 aliphatic heterocycles. The van der Waals surface area contributed by atoms with E-state index in [1.54, 1.807) is 31.2 Å². The molecule has 1 aromatic carbocycles. The minimum Gasteiger partial charge on any atom is -0.475 e. The van der Waals surface area contributed by atoms with Crippen molar-refractivity contribution in [3.05, 3.63) is 52.0 Å². The highest BCUT2D eigenvalue weighted by Gasteiger charge is 2.36. The van der Waals surface area contributed by atoms with Crippen molar-refractivity contribution in [2.45, 2.75) is 19.8 Å². The monoisotopic (exact) mass is 328 g/mol. The van der Waals surface area contributed by atoms with Crippen LogP contribution < -0.4 is 0 Å². The summed E-state index contributed by atoms with van der Waals surface area (Å²) >= 11 is 0. The molecule has 24 heavy (non-hydrogen) atoms. The van der Waals surface area contributed by atoms with Crippen molar-refractivity contribution in [1.82, 2.24) is 4.90 Å². The number of ether oxygens (including phenoxy) is 1. The molecule has 0 aromatic heterocycles. The number of benzene rings is 1. The second-order valence-corrected chi connectivity index (χ2v) is 4.75. The number of likely N-dealkylation sites (N-methyl/N-ethyl adjacent to an activating group) is 1. The summed E-state index contributed by atoms with van der Waals surface area (Å²) in [6.07, 6.45) is 5.77. The second kappa shape index (κ2) is 8.96. The van der Waals surface area contributed by atoms with Crippen LogP contribution in [0.5, 0.6) is 0 Å². The lowest BCUT2D eigenvalue weighted by molar-refractivity contribution is -0.140. The molecular weight excluding hydrogens is 310 g/mol. The lowest BCUT2D eigenvalue weighted by Crippen LogP contribution is -2.34. The van der Waals surface area contributed by atoms with Gasteiger partial charge in [-0.2, -0.15) is 0 Å². The molecule has 0 fully saturated rings. The third-order valence-corrected chi connectivity index (χ3v) is 3.25. The van der Waals surface area contributed by atoms with E-state index in [9.17, 15) is 14.7 Å². The van der Waals surface area contributed by atoms with Gasteiger partial charge in [0.15, 0.2) is 4.98 Å². The van der Waals surface area contributed by atoms with Crippen molar-refractivity contribution in [3.63, 3.8) is 0 Å². The summed E-state index contributed by atoms with van der Waals surface area (Å²) in [5, 5.41) is 18.4. The Kier molecular flexibility index (Phi) is 6.99. The summed E-state index contributed by atoms with van der Waals surface area (Å²) in [7, 11) is 1.22. The van der Waals surface area contributed by atoms with Crippen molar-refractivity contribution in [1.29, 1.82) is 5.39 Å². The predicted octanol–water partition coefficient (Wildman–Crippen LogP) is 2.20. The molecule has 0 spiro atoms. The van der Waals surface area contributed by atoms with Gasteiger partial charge < -0.3 is 9.84 Å². The normalized spacial score (nSPS) is 10.8. The van der Waals surface area contributed by atoms with Crippen LogP contribution in [0.15, 0.2) is 35.9 Å². The van der Waals surface area contributed by atoms with Crippen molar-refractivity contribution in [3.8, 4) is 12.3 Å². The van der Waals surface area contributed by atoms with Gasteiger partial charge in [-0.05, 0) is 25.0 Å². The van der Waals surface area contributed by atoms with Crippen molar-refractivity contribution in [2.75, 3.05) is 13.7 Å². The molecule has 1 N–H and O–H groups in total. The minimum atomic E-state index is -0.973. The number of nitrogens with zero attached hydrogens (tertiary/aromatic N) is 3. The summed E-state index contributed by atoms with van der Waals surface area (Å²) in [4.78, 5) is 27.7. The van der Waals surface area contributed by atoms with E-state index in [0.717, 1.165) is 10.5 Å². The van der Waals surface area contributed by atoms with Crippen molar-refractivity contribution in [2.24, 2.45) is 0 Å². The number of hydrogen-bond donors (Lipinski definition) is 1. The summed E-state index contributed by atoms with van der Waals surface area (Å²) in [6.45, 7) is 1.64. The number of aliphatic hydroxyl groups excluding tert-OH is 1. The second-order valence-electron chi connectivity index (χ2n) is 4.75. The number of diazo groups is 1.